The molecule has 0 fully saturated rings. The van der Waals surface area contributed by atoms with Crippen LogP contribution in [0.1, 0.15) is 15.7 Å². The van der Waals surface area contributed by atoms with Gasteiger partial charge in [0.25, 0.3) is 0 Å². The van der Waals surface area contributed by atoms with Crippen molar-refractivity contribution < 1.29 is 43.1 Å². The van der Waals surface area contributed by atoms with Crippen molar-refractivity contribution in [2.75, 3.05) is 0 Å². The second kappa shape index (κ2) is 7.83. The average Bonchev–Trinajstić information content (AvgIpc) is 1.82. The molecule has 0 rings (SSSR count). The van der Waals surface area contributed by atoms with E-state index in [0.29, 0.717) is 0 Å². The molecule has 6 N–H and O–H groups in total. The van der Waals surface area contributed by atoms with Crippen LogP contribution in [0, 0.1) is 0 Å². The van der Waals surface area contributed by atoms with Crippen molar-refractivity contribution >= 4 is 55.6 Å². The molecule has 0 aromatic carbocycles. The maximum Gasteiger partial charge on any atom is 2.00 e. The van der Waals surface area contributed by atoms with Gasteiger partial charge >= 0.3 is 55.6 Å². The van der Waals surface area contributed by atoms with E-state index in [-0.39, 0.29) is 46.1 Å². The fourth-order valence-corrected chi connectivity index (χ4v) is 0.714. The van der Waals surface area contributed by atoms with Gasteiger partial charge in [0.1, 0.15) is 0 Å². The number of rotatable bonds is 5. The topological polar surface area (TPSA) is 164 Å². The molecule has 0 aromatic rings. The summed E-state index contributed by atoms with van der Waals surface area (Å²) in [5.74, 6) is -5.02. The Bertz CT molecular complexity index is 242. The Labute approximate surface area is 117 Å². The molecule has 0 saturated heterocycles. The zero-order valence-electron chi connectivity index (χ0n) is 9.63. The molecule has 15 heavy (non-hydrogen) atoms. The van der Waals surface area contributed by atoms with Crippen LogP contribution in [0.15, 0.2) is 0 Å². The Kier molecular flexibility index (Phi) is 10.5. The summed E-state index contributed by atoms with van der Waals surface area (Å²) in [5, 5.41) is 33.8. The Morgan fingerprint density at radius 3 is 1.40 bits per heavy atom. The quantitative estimate of drug-likeness (QED) is 0.402. The van der Waals surface area contributed by atoms with Crippen molar-refractivity contribution in [1.29, 1.82) is 0 Å². The van der Waals surface area contributed by atoms with Gasteiger partial charge in [-0.05, 0) is 0 Å². The summed E-state index contributed by atoms with van der Waals surface area (Å²) in [4.78, 5) is 30.5. The average molecular weight is 252 g/mol. The molecule has 86 valence electrons. The molecule has 0 aliphatic carbocycles. The van der Waals surface area contributed by atoms with E-state index in [1.807, 2.05) is 0 Å². The Hall–Kier alpha value is -0.410. The van der Waals surface area contributed by atoms with Gasteiger partial charge in [0.05, 0.1) is 12.8 Å². The molecular formula is C6H12CaO8. The number of carboxylic acids is 3. The minimum atomic E-state index is -2.74. The number of aliphatic hydroxyl groups is 1. The van der Waals surface area contributed by atoms with Gasteiger partial charge in [-0.2, -0.15) is 0 Å². The van der Waals surface area contributed by atoms with Crippen molar-refractivity contribution in [2.45, 2.75) is 18.4 Å². The first kappa shape index (κ1) is 20.1. The monoisotopic (exact) mass is 252 g/mol. The van der Waals surface area contributed by atoms with Crippen molar-refractivity contribution in [1.82, 2.24) is 0 Å². The number of aliphatic carboxylic acids is 3. The standard InChI is InChI=1S/C6H8O7.Ca.H2O.2H/c7-3(8)1-6(13,5(11)12)2-4(9)10;;;;/h13H,1-2H2,(H,7,8)(H,9,10)(H,11,12);;1H2;;/q;+2;;2*-1. The first-order valence-electron chi connectivity index (χ1n) is 3.17. The molecule has 0 atom stereocenters. The first-order valence-corrected chi connectivity index (χ1v) is 3.17. The van der Waals surface area contributed by atoms with Gasteiger partial charge in [-0.3, -0.25) is 9.59 Å². The second-order valence-corrected chi connectivity index (χ2v) is 2.48. The minimum Gasteiger partial charge on any atom is -1.00 e. The number of carboxylic acid groups (broad SMARTS) is 3. The Morgan fingerprint density at radius 1 is 1.00 bits per heavy atom. The third-order valence-electron chi connectivity index (χ3n) is 1.29. The van der Waals surface area contributed by atoms with Crippen LogP contribution in [0.4, 0.5) is 0 Å². The fourth-order valence-electron chi connectivity index (χ4n) is 0.714. The molecule has 0 radical (unpaired) electrons. The molecule has 0 spiro atoms. The van der Waals surface area contributed by atoms with E-state index in [4.69, 9.17) is 20.4 Å². The van der Waals surface area contributed by atoms with E-state index in [0.717, 1.165) is 0 Å². The molecule has 0 aliphatic rings. The normalized spacial score (nSPS) is 9.40. The molecular weight excluding hydrogens is 240 g/mol. The van der Waals surface area contributed by atoms with E-state index in [2.05, 4.69) is 0 Å². The second-order valence-electron chi connectivity index (χ2n) is 2.48. The molecule has 0 amide bonds. The Morgan fingerprint density at radius 2 is 1.27 bits per heavy atom. The molecule has 8 nitrogen and oxygen atoms in total. The summed E-state index contributed by atoms with van der Waals surface area (Å²) in [6, 6.07) is 0. The predicted molar refractivity (Wildman–Crippen MR) is 48.7 cm³/mol. The van der Waals surface area contributed by atoms with Crippen LogP contribution in [-0.4, -0.2) is 87.1 Å². The predicted octanol–water partition coefficient (Wildman–Crippen LogP) is -2.23. The number of hydrogen-bond donors (Lipinski definition) is 4. The number of carbonyl (C=O) groups is 3. The zero-order valence-corrected chi connectivity index (χ0v) is 9.84. The smallest absolute Gasteiger partial charge is 1.00 e. The maximum atomic E-state index is 10.3. The molecule has 0 heterocycles. The molecule has 9 heteroatoms. The van der Waals surface area contributed by atoms with Crippen molar-refractivity contribution in [3.8, 4) is 0 Å². The third-order valence-corrected chi connectivity index (χ3v) is 1.29. The minimum absolute atomic E-state index is 0. The molecule has 0 aliphatic heterocycles. The van der Waals surface area contributed by atoms with Gasteiger partial charge in [-0.25, -0.2) is 4.79 Å². The van der Waals surface area contributed by atoms with Gasteiger partial charge in [-0.15, -0.1) is 0 Å². The van der Waals surface area contributed by atoms with Crippen LogP contribution in [0.5, 0.6) is 0 Å². The van der Waals surface area contributed by atoms with E-state index in [1.54, 1.807) is 0 Å². The van der Waals surface area contributed by atoms with E-state index >= 15 is 0 Å². The third kappa shape index (κ3) is 7.51. The van der Waals surface area contributed by atoms with Crippen LogP contribution in [0.25, 0.3) is 0 Å². The van der Waals surface area contributed by atoms with Crippen molar-refractivity contribution in [2.24, 2.45) is 0 Å². The zero-order chi connectivity index (χ0) is 10.6. The van der Waals surface area contributed by atoms with E-state index < -0.39 is 36.4 Å². The summed E-state index contributed by atoms with van der Waals surface area (Å²) in [5.41, 5.74) is -2.74. The van der Waals surface area contributed by atoms with Crippen LogP contribution in [0.2, 0.25) is 0 Å². The summed E-state index contributed by atoms with van der Waals surface area (Å²) >= 11 is 0. The molecule has 0 saturated carbocycles. The van der Waals surface area contributed by atoms with Crippen molar-refractivity contribution in [3.63, 3.8) is 0 Å². The van der Waals surface area contributed by atoms with Crippen LogP contribution in [-0.2, 0) is 14.4 Å². The number of hydrogen-bond acceptors (Lipinski definition) is 4. The first-order chi connectivity index (χ1) is 5.78. The van der Waals surface area contributed by atoms with Crippen LogP contribution < -0.4 is 0 Å². The van der Waals surface area contributed by atoms with Gasteiger partial charge < -0.3 is 28.8 Å². The van der Waals surface area contributed by atoms with Gasteiger partial charge in [0.15, 0.2) is 5.60 Å². The molecule has 0 unspecified atom stereocenters. The molecule has 0 bridgehead atoms. The largest absolute Gasteiger partial charge is 2.00 e. The SMILES string of the molecule is O.O=C(O)CC(O)(CC(=O)O)C(=O)O.[Ca+2].[H-].[H-]. The maximum absolute atomic E-state index is 10.3. The van der Waals surface area contributed by atoms with Gasteiger partial charge in [-0.1, -0.05) is 0 Å². The van der Waals surface area contributed by atoms with Crippen molar-refractivity contribution in [3.05, 3.63) is 0 Å². The van der Waals surface area contributed by atoms with E-state index in [1.165, 1.54) is 0 Å². The van der Waals surface area contributed by atoms with Gasteiger partial charge in [0.2, 0.25) is 0 Å². The fraction of sp³-hybridized carbons (Fsp3) is 0.500. The summed E-state index contributed by atoms with van der Waals surface area (Å²) in [6.07, 6.45) is -2.29. The van der Waals surface area contributed by atoms with E-state index in [9.17, 15) is 14.4 Å². The van der Waals surface area contributed by atoms with Crippen LogP contribution >= 0.6 is 0 Å². The van der Waals surface area contributed by atoms with Crippen LogP contribution in [0.3, 0.4) is 0 Å². The van der Waals surface area contributed by atoms with Gasteiger partial charge in [0, 0.05) is 0 Å². The summed E-state index contributed by atoms with van der Waals surface area (Å²) in [6.45, 7) is 0. The summed E-state index contributed by atoms with van der Waals surface area (Å²) < 4.78 is 0. The molecule has 0 aromatic heterocycles. The summed E-state index contributed by atoms with van der Waals surface area (Å²) in [7, 11) is 0. The Balaban J connectivity index is -0.000000120.